The maximum absolute atomic E-state index is 12.2. The summed E-state index contributed by atoms with van der Waals surface area (Å²) in [4.78, 5) is 12.2. The Hall–Kier alpha value is -1.82. The van der Waals surface area contributed by atoms with E-state index in [-0.39, 0.29) is 11.9 Å². The van der Waals surface area contributed by atoms with Crippen molar-refractivity contribution in [2.75, 3.05) is 5.75 Å². The zero-order valence-electron chi connectivity index (χ0n) is 16.5. The second kappa shape index (κ2) is 9.76. The molecule has 1 heterocycles. The van der Waals surface area contributed by atoms with Crippen molar-refractivity contribution in [2.24, 2.45) is 5.92 Å². The molecule has 0 saturated carbocycles. The Labute approximate surface area is 161 Å². The van der Waals surface area contributed by atoms with Gasteiger partial charge in [0.25, 0.3) is 0 Å². The van der Waals surface area contributed by atoms with Crippen molar-refractivity contribution in [3.63, 3.8) is 0 Å². The van der Waals surface area contributed by atoms with Gasteiger partial charge in [0.05, 0.1) is 5.75 Å². The lowest BCUT2D eigenvalue weighted by Crippen LogP contribution is -2.34. The number of rotatable bonds is 9. The quantitative estimate of drug-likeness (QED) is 0.665. The van der Waals surface area contributed by atoms with Gasteiger partial charge in [0.1, 0.15) is 0 Å². The molecule has 0 fully saturated rings. The predicted molar refractivity (Wildman–Crippen MR) is 108 cm³/mol. The van der Waals surface area contributed by atoms with Crippen LogP contribution in [0.1, 0.15) is 46.1 Å². The van der Waals surface area contributed by atoms with Crippen molar-refractivity contribution in [3.8, 4) is 11.4 Å². The number of hydrogen-bond acceptors (Lipinski definition) is 4. The topological polar surface area (TPSA) is 59.8 Å². The van der Waals surface area contributed by atoms with Crippen molar-refractivity contribution in [1.29, 1.82) is 0 Å². The van der Waals surface area contributed by atoms with Gasteiger partial charge in [-0.3, -0.25) is 4.79 Å². The molecule has 1 N–H and O–H groups in total. The first-order valence-electron chi connectivity index (χ1n) is 9.33. The molecule has 0 saturated heterocycles. The van der Waals surface area contributed by atoms with E-state index in [1.165, 1.54) is 17.3 Å². The van der Waals surface area contributed by atoms with Crippen LogP contribution in [0.25, 0.3) is 11.4 Å². The Morgan fingerprint density at radius 2 is 1.92 bits per heavy atom. The number of aromatic nitrogens is 3. The lowest BCUT2D eigenvalue weighted by molar-refractivity contribution is -0.119. The van der Waals surface area contributed by atoms with E-state index >= 15 is 0 Å². The van der Waals surface area contributed by atoms with E-state index < -0.39 is 0 Å². The number of thioether (sulfide) groups is 1. The first-order chi connectivity index (χ1) is 12.4. The first-order valence-corrected chi connectivity index (χ1v) is 10.3. The minimum atomic E-state index is 0.0503. The molecule has 1 atom stereocenters. The summed E-state index contributed by atoms with van der Waals surface area (Å²) >= 11 is 1.44. The Morgan fingerprint density at radius 3 is 2.58 bits per heavy atom. The summed E-state index contributed by atoms with van der Waals surface area (Å²) in [5.41, 5.74) is 2.25. The monoisotopic (exact) mass is 374 g/mol. The van der Waals surface area contributed by atoms with Crippen LogP contribution in [0, 0.1) is 12.8 Å². The lowest BCUT2D eigenvalue weighted by atomic mass is 10.0. The highest BCUT2D eigenvalue weighted by Gasteiger charge is 2.16. The lowest BCUT2D eigenvalue weighted by Gasteiger charge is -2.15. The molecule has 0 aliphatic rings. The van der Waals surface area contributed by atoms with E-state index in [4.69, 9.17) is 0 Å². The SMILES string of the molecule is CCn1c(SCC(=O)N[C@H](C)CCC(C)C)nnc1-c1ccccc1C. The van der Waals surface area contributed by atoms with E-state index in [1.807, 2.05) is 12.1 Å². The van der Waals surface area contributed by atoms with Gasteiger partial charge >= 0.3 is 0 Å². The zero-order valence-corrected chi connectivity index (χ0v) is 17.3. The summed E-state index contributed by atoms with van der Waals surface area (Å²) in [7, 11) is 0. The molecule has 0 aliphatic heterocycles. The highest BCUT2D eigenvalue weighted by molar-refractivity contribution is 7.99. The fourth-order valence-electron chi connectivity index (χ4n) is 2.81. The van der Waals surface area contributed by atoms with Gasteiger partial charge in [0.2, 0.25) is 5.91 Å². The number of nitrogens with one attached hydrogen (secondary N) is 1. The molecule has 0 radical (unpaired) electrons. The summed E-state index contributed by atoms with van der Waals surface area (Å²) in [5, 5.41) is 12.5. The molecule has 0 unspecified atom stereocenters. The molecule has 2 rings (SSSR count). The fraction of sp³-hybridized carbons (Fsp3) is 0.550. The van der Waals surface area contributed by atoms with E-state index in [9.17, 15) is 4.79 Å². The standard InChI is InChI=1S/C20H30N4OS/c1-6-24-19(17-10-8-7-9-15(17)4)22-23-20(24)26-13-18(25)21-16(5)12-11-14(2)3/h7-10,14,16H,6,11-13H2,1-5H3,(H,21,25)/t16-/m1/s1. The summed E-state index contributed by atoms with van der Waals surface area (Å²) < 4.78 is 2.07. The second-order valence-corrected chi connectivity index (χ2v) is 8.04. The number of carbonyl (C=O) groups excluding carboxylic acids is 1. The van der Waals surface area contributed by atoms with Gasteiger partial charge in [0.15, 0.2) is 11.0 Å². The largest absolute Gasteiger partial charge is 0.353 e. The van der Waals surface area contributed by atoms with E-state index in [0.717, 1.165) is 35.9 Å². The predicted octanol–water partition coefficient (Wildman–Crippen LogP) is 4.31. The van der Waals surface area contributed by atoms with Crippen LogP contribution in [0.3, 0.4) is 0 Å². The van der Waals surface area contributed by atoms with Crippen LogP contribution < -0.4 is 5.32 Å². The van der Waals surface area contributed by atoms with Crippen LogP contribution in [-0.2, 0) is 11.3 Å². The molecule has 0 bridgehead atoms. The number of benzene rings is 1. The minimum absolute atomic E-state index is 0.0503. The molecule has 6 heteroatoms. The summed E-state index contributed by atoms with van der Waals surface area (Å²) in [6.45, 7) is 11.4. The molecule has 26 heavy (non-hydrogen) atoms. The summed E-state index contributed by atoms with van der Waals surface area (Å²) in [6, 6.07) is 8.37. The molecular formula is C20H30N4OS. The Balaban J connectivity index is 1.98. The third-order valence-electron chi connectivity index (χ3n) is 4.34. The number of aryl methyl sites for hydroxylation is 1. The molecule has 2 aromatic rings. The highest BCUT2D eigenvalue weighted by atomic mass is 32.2. The molecule has 5 nitrogen and oxygen atoms in total. The van der Waals surface area contributed by atoms with Gasteiger partial charge < -0.3 is 9.88 Å². The van der Waals surface area contributed by atoms with E-state index in [0.29, 0.717) is 11.7 Å². The van der Waals surface area contributed by atoms with Crippen LogP contribution in [0.5, 0.6) is 0 Å². The Bertz CT molecular complexity index is 726. The number of amides is 1. The fourth-order valence-corrected chi connectivity index (χ4v) is 3.62. The maximum atomic E-state index is 12.2. The van der Waals surface area contributed by atoms with Gasteiger partial charge in [-0.15, -0.1) is 10.2 Å². The van der Waals surface area contributed by atoms with Crippen LogP contribution in [0.15, 0.2) is 29.4 Å². The summed E-state index contributed by atoms with van der Waals surface area (Å²) in [6.07, 6.45) is 2.13. The van der Waals surface area contributed by atoms with E-state index in [2.05, 4.69) is 66.8 Å². The Morgan fingerprint density at radius 1 is 1.19 bits per heavy atom. The minimum Gasteiger partial charge on any atom is -0.353 e. The van der Waals surface area contributed by atoms with Crippen molar-refractivity contribution in [2.45, 2.75) is 65.2 Å². The zero-order chi connectivity index (χ0) is 19.1. The number of hydrogen-bond donors (Lipinski definition) is 1. The normalized spacial score (nSPS) is 12.4. The average Bonchev–Trinajstić information content (AvgIpc) is 3.01. The maximum Gasteiger partial charge on any atom is 0.230 e. The van der Waals surface area contributed by atoms with Crippen molar-refractivity contribution < 1.29 is 4.79 Å². The van der Waals surface area contributed by atoms with Crippen molar-refractivity contribution >= 4 is 17.7 Å². The molecule has 0 aliphatic carbocycles. The van der Waals surface area contributed by atoms with Crippen LogP contribution in [-0.4, -0.2) is 32.5 Å². The average molecular weight is 375 g/mol. The smallest absolute Gasteiger partial charge is 0.230 e. The first kappa shape index (κ1) is 20.5. The molecule has 1 aromatic heterocycles. The van der Waals surface area contributed by atoms with Gasteiger partial charge in [-0.1, -0.05) is 49.9 Å². The van der Waals surface area contributed by atoms with Crippen LogP contribution in [0.4, 0.5) is 0 Å². The van der Waals surface area contributed by atoms with Gasteiger partial charge in [-0.05, 0) is 45.1 Å². The third kappa shape index (κ3) is 5.59. The number of carbonyl (C=O) groups is 1. The molecule has 142 valence electrons. The molecule has 0 spiro atoms. The molecule has 1 amide bonds. The molecule has 1 aromatic carbocycles. The van der Waals surface area contributed by atoms with Crippen LogP contribution >= 0.6 is 11.8 Å². The molecular weight excluding hydrogens is 344 g/mol. The Kier molecular flexibility index (Phi) is 7.69. The summed E-state index contributed by atoms with van der Waals surface area (Å²) in [5.74, 6) is 1.93. The second-order valence-electron chi connectivity index (χ2n) is 7.09. The van der Waals surface area contributed by atoms with Crippen LogP contribution in [0.2, 0.25) is 0 Å². The van der Waals surface area contributed by atoms with Gasteiger partial charge in [-0.25, -0.2) is 0 Å². The van der Waals surface area contributed by atoms with Gasteiger partial charge in [0, 0.05) is 18.2 Å². The third-order valence-corrected chi connectivity index (χ3v) is 5.30. The number of nitrogens with zero attached hydrogens (tertiary/aromatic N) is 3. The van der Waals surface area contributed by atoms with E-state index in [1.54, 1.807) is 0 Å². The highest BCUT2D eigenvalue weighted by Crippen LogP contribution is 2.26. The van der Waals surface area contributed by atoms with Crippen molar-refractivity contribution in [1.82, 2.24) is 20.1 Å². The van der Waals surface area contributed by atoms with Gasteiger partial charge in [-0.2, -0.15) is 0 Å². The van der Waals surface area contributed by atoms with Crippen molar-refractivity contribution in [3.05, 3.63) is 29.8 Å².